The number of ether oxygens (including phenoxy) is 3. The molecular formula is C25H33N5O5. The van der Waals surface area contributed by atoms with Crippen LogP contribution < -0.4 is 20.5 Å². The molecule has 0 saturated carbocycles. The van der Waals surface area contributed by atoms with Gasteiger partial charge in [0.15, 0.2) is 0 Å². The van der Waals surface area contributed by atoms with E-state index in [0.29, 0.717) is 42.4 Å². The van der Waals surface area contributed by atoms with Crippen LogP contribution in [0.5, 0.6) is 11.5 Å². The van der Waals surface area contributed by atoms with E-state index in [1.54, 1.807) is 42.6 Å². The number of amides is 2. The summed E-state index contributed by atoms with van der Waals surface area (Å²) in [4.78, 5) is 35.2. The lowest BCUT2D eigenvalue weighted by Crippen LogP contribution is -2.45. The number of amidine groups is 1. The molecule has 1 saturated heterocycles. The number of aliphatic imine (C=N–C) groups is 2. The predicted molar refractivity (Wildman–Crippen MR) is 134 cm³/mol. The van der Waals surface area contributed by atoms with Crippen LogP contribution in [0.4, 0.5) is 0 Å². The van der Waals surface area contributed by atoms with E-state index in [4.69, 9.17) is 19.9 Å². The van der Waals surface area contributed by atoms with Crippen molar-refractivity contribution in [1.29, 1.82) is 0 Å². The van der Waals surface area contributed by atoms with Crippen molar-refractivity contribution in [1.82, 2.24) is 10.2 Å². The number of hydrogen-bond acceptors (Lipinski definition) is 7. The van der Waals surface area contributed by atoms with Gasteiger partial charge in [-0.15, -0.1) is 0 Å². The van der Waals surface area contributed by atoms with Crippen molar-refractivity contribution in [3.05, 3.63) is 48.0 Å². The minimum atomic E-state index is -0.531. The van der Waals surface area contributed by atoms with Crippen molar-refractivity contribution in [2.45, 2.75) is 39.2 Å². The molecule has 0 unspecified atom stereocenters. The van der Waals surface area contributed by atoms with Gasteiger partial charge in [0.05, 0.1) is 12.8 Å². The van der Waals surface area contributed by atoms with Crippen LogP contribution in [-0.2, 0) is 9.53 Å². The molecule has 3 rings (SSSR count). The molecule has 3 N–H and O–H groups in total. The first-order valence-electron chi connectivity index (χ1n) is 11.7. The number of rotatable bonds is 11. The Hall–Kier alpha value is -3.66. The number of allylic oxidation sites excluding steroid dienone is 1. The standard InChI is InChI=1S/C25H33N5O5/c1-4-27-9-8-23(26)29-24(31)18-12-20(34-17(2)16-33-3)14-21(13-18)35-19-6-7-22(28-15-19)25(32)30-10-5-11-30/h8-9,12-15,17,27H,4-7,10-11,16H2,1-3H3,(H2,26,29,31)/b9-8-/t17-/m0/s1. The number of nitrogens with one attached hydrogen (secondary N) is 1. The van der Waals surface area contributed by atoms with E-state index >= 15 is 0 Å². The van der Waals surface area contributed by atoms with Crippen LogP contribution in [0.2, 0.25) is 0 Å². The van der Waals surface area contributed by atoms with Crippen LogP contribution in [0, 0.1) is 0 Å². The fraction of sp³-hybridized carbons (Fsp3) is 0.440. The largest absolute Gasteiger partial charge is 0.488 e. The van der Waals surface area contributed by atoms with Crippen molar-refractivity contribution in [2.24, 2.45) is 15.7 Å². The quantitative estimate of drug-likeness (QED) is 0.365. The van der Waals surface area contributed by atoms with Gasteiger partial charge >= 0.3 is 0 Å². The van der Waals surface area contributed by atoms with Gasteiger partial charge in [0, 0.05) is 57.4 Å². The first-order valence-corrected chi connectivity index (χ1v) is 11.7. The van der Waals surface area contributed by atoms with Crippen LogP contribution >= 0.6 is 0 Å². The molecule has 10 nitrogen and oxygen atoms in total. The van der Waals surface area contributed by atoms with Gasteiger partial charge in [-0.25, -0.2) is 0 Å². The molecule has 0 spiro atoms. The second-order valence-electron chi connectivity index (χ2n) is 8.23. The molecule has 2 aliphatic heterocycles. The molecule has 1 aromatic carbocycles. The SMILES string of the molecule is CCN/C=C\C(N)=NC(=O)c1cc(OC2=CN=C(C(=O)N3CCC3)CC2)cc(O[C@@H](C)COC)c1. The first kappa shape index (κ1) is 26.0. The molecule has 2 heterocycles. The van der Waals surface area contributed by atoms with Gasteiger partial charge in [-0.3, -0.25) is 14.6 Å². The highest BCUT2D eigenvalue weighted by Gasteiger charge is 2.26. The van der Waals surface area contributed by atoms with E-state index in [1.807, 2.05) is 13.8 Å². The second kappa shape index (κ2) is 12.7. The van der Waals surface area contributed by atoms with Crippen molar-refractivity contribution >= 4 is 23.4 Å². The number of carbonyl (C=O) groups is 2. The highest BCUT2D eigenvalue weighted by molar-refractivity contribution is 6.39. The summed E-state index contributed by atoms with van der Waals surface area (Å²) in [6.45, 7) is 6.48. The Morgan fingerprint density at radius 3 is 2.66 bits per heavy atom. The minimum Gasteiger partial charge on any atom is -0.488 e. The number of hydrogen-bond donors (Lipinski definition) is 2. The Balaban J connectivity index is 1.80. The topological polar surface area (TPSA) is 128 Å². The third kappa shape index (κ3) is 7.68. The van der Waals surface area contributed by atoms with Crippen LogP contribution in [0.1, 0.15) is 43.5 Å². The Bertz CT molecular complexity index is 1040. The zero-order valence-electron chi connectivity index (χ0n) is 20.5. The summed E-state index contributed by atoms with van der Waals surface area (Å²) in [5.74, 6) is 0.938. The Kier molecular flexibility index (Phi) is 9.42. The molecule has 0 aliphatic carbocycles. The van der Waals surface area contributed by atoms with E-state index < -0.39 is 5.91 Å². The molecule has 35 heavy (non-hydrogen) atoms. The van der Waals surface area contributed by atoms with Crippen molar-refractivity contribution in [2.75, 3.05) is 33.4 Å². The molecule has 1 aromatic rings. The molecule has 0 bridgehead atoms. The van der Waals surface area contributed by atoms with Gasteiger partial charge in [-0.05, 0) is 38.5 Å². The number of nitrogens with two attached hydrogens (primary N) is 1. The van der Waals surface area contributed by atoms with Gasteiger partial charge in [0.2, 0.25) is 0 Å². The van der Waals surface area contributed by atoms with E-state index in [1.165, 1.54) is 6.08 Å². The Morgan fingerprint density at radius 2 is 2.03 bits per heavy atom. The Labute approximate surface area is 205 Å². The molecule has 188 valence electrons. The number of nitrogens with zero attached hydrogens (tertiary/aromatic N) is 3. The second-order valence-corrected chi connectivity index (χ2v) is 8.23. The normalized spacial score (nSPS) is 16.8. The maximum absolute atomic E-state index is 12.8. The van der Waals surface area contributed by atoms with Crippen LogP contribution in [0.3, 0.4) is 0 Å². The first-order chi connectivity index (χ1) is 16.9. The highest BCUT2D eigenvalue weighted by Crippen LogP contribution is 2.28. The predicted octanol–water partition coefficient (Wildman–Crippen LogP) is 2.41. The summed E-state index contributed by atoms with van der Waals surface area (Å²) >= 11 is 0. The molecule has 10 heteroatoms. The molecule has 1 fully saturated rings. The molecule has 0 aromatic heterocycles. The third-order valence-corrected chi connectivity index (χ3v) is 5.28. The highest BCUT2D eigenvalue weighted by atomic mass is 16.5. The average molecular weight is 484 g/mol. The molecular weight excluding hydrogens is 450 g/mol. The lowest BCUT2D eigenvalue weighted by molar-refractivity contribution is -0.127. The minimum absolute atomic E-state index is 0.0133. The molecule has 2 aliphatic rings. The van der Waals surface area contributed by atoms with Crippen LogP contribution in [0.25, 0.3) is 0 Å². The van der Waals surface area contributed by atoms with E-state index in [9.17, 15) is 9.59 Å². The number of likely N-dealkylation sites (tertiary alicyclic amines) is 1. The smallest absolute Gasteiger partial charge is 0.279 e. The van der Waals surface area contributed by atoms with Crippen LogP contribution in [-0.4, -0.2) is 67.7 Å². The van der Waals surface area contributed by atoms with Crippen molar-refractivity contribution < 1.29 is 23.8 Å². The molecule has 1 atom stereocenters. The summed E-state index contributed by atoms with van der Waals surface area (Å²) in [5.41, 5.74) is 6.64. The van der Waals surface area contributed by atoms with Gasteiger partial charge in [-0.1, -0.05) is 0 Å². The summed E-state index contributed by atoms with van der Waals surface area (Å²) in [5, 5.41) is 2.97. The summed E-state index contributed by atoms with van der Waals surface area (Å²) < 4.78 is 17.0. The van der Waals surface area contributed by atoms with Gasteiger partial charge in [0.25, 0.3) is 11.8 Å². The van der Waals surface area contributed by atoms with E-state index in [0.717, 1.165) is 26.1 Å². The van der Waals surface area contributed by atoms with Gasteiger partial charge in [0.1, 0.15) is 34.9 Å². The lowest BCUT2D eigenvalue weighted by atomic mass is 10.1. The summed E-state index contributed by atoms with van der Waals surface area (Å²) in [7, 11) is 1.59. The van der Waals surface area contributed by atoms with E-state index in [-0.39, 0.29) is 23.4 Å². The molecule has 2 amide bonds. The number of carbonyl (C=O) groups excluding carboxylic acids is 2. The summed E-state index contributed by atoms with van der Waals surface area (Å²) in [6.07, 6.45) is 6.50. The van der Waals surface area contributed by atoms with E-state index in [2.05, 4.69) is 15.3 Å². The summed E-state index contributed by atoms with van der Waals surface area (Å²) in [6, 6.07) is 4.85. The fourth-order valence-corrected chi connectivity index (χ4v) is 3.42. The zero-order valence-corrected chi connectivity index (χ0v) is 20.5. The van der Waals surface area contributed by atoms with Crippen molar-refractivity contribution in [3.8, 4) is 11.5 Å². The average Bonchev–Trinajstić information content (AvgIpc) is 2.78. The Morgan fingerprint density at radius 1 is 1.26 bits per heavy atom. The van der Waals surface area contributed by atoms with Gasteiger partial charge in [-0.2, -0.15) is 4.99 Å². The lowest BCUT2D eigenvalue weighted by Gasteiger charge is -2.31. The number of methoxy groups -OCH3 is 1. The fourth-order valence-electron chi connectivity index (χ4n) is 3.42. The zero-order chi connectivity index (χ0) is 25.2. The van der Waals surface area contributed by atoms with Crippen molar-refractivity contribution in [3.63, 3.8) is 0 Å². The number of benzene rings is 1. The maximum Gasteiger partial charge on any atom is 0.279 e. The maximum atomic E-state index is 12.8. The third-order valence-electron chi connectivity index (χ3n) is 5.28. The van der Waals surface area contributed by atoms with Gasteiger partial charge < -0.3 is 30.2 Å². The van der Waals surface area contributed by atoms with Crippen LogP contribution in [0.15, 0.2) is 52.4 Å². The monoisotopic (exact) mass is 483 g/mol. The molecule has 0 radical (unpaired) electrons.